The number of Topliss-reactive ketones (excluding diaryl/α,β-unsaturated/α-hetero) is 1. The fraction of sp³-hybridized carbons (Fsp3) is 0.444. The molecule has 2 heteroatoms. The molecule has 11 heavy (non-hydrogen) atoms. The molecule has 0 spiro atoms. The lowest BCUT2D eigenvalue weighted by Crippen LogP contribution is -2.00. The van der Waals surface area contributed by atoms with Crippen LogP contribution in [0.4, 0.5) is 0 Å². The summed E-state index contributed by atoms with van der Waals surface area (Å²) in [4.78, 5) is 11.4. The van der Waals surface area contributed by atoms with Crippen LogP contribution >= 0.6 is 0 Å². The molecule has 0 radical (unpaired) electrons. The molecule has 1 aliphatic carbocycles. The lowest BCUT2D eigenvalue weighted by atomic mass is 10.1. The van der Waals surface area contributed by atoms with Crippen LogP contribution in [0.5, 0.6) is 0 Å². The summed E-state index contributed by atoms with van der Waals surface area (Å²) in [6.07, 6.45) is 3.66. The molecule has 1 aromatic rings. The van der Waals surface area contributed by atoms with E-state index >= 15 is 0 Å². The number of hydrogen-bond donors (Lipinski definition) is 0. The number of carbonyl (C=O) groups is 1. The van der Waals surface area contributed by atoms with Gasteiger partial charge in [0.2, 0.25) is 5.78 Å². The standard InChI is InChI=1S/C9H10O2/c1-6-4-5-11-9(6)8(10)7-2-3-7/h4-5,7H,2-3H2,1H3. The van der Waals surface area contributed by atoms with E-state index in [4.69, 9.17) is 4.42 Å². The monoisotopic (exact) mass is 150 g/mol. The number of aryl methyl sites for hydroxylation is 1. The van der Waals surface area contributed by atoms with Gasteiger partial charge in [-0.05, 0) is 31.4 Å². The van der Waals surface area contributed by atoms with Crippen LogP contribution in [-0.2, 0) is 0 Å². The van der Waals surface area contributed by atoms with Gasteiger partial charge >= 0.3 is 0 Å². The minimum absolute atomic E-state index is 0.188. The highest BCUT2D eigenvalue weighted by Crippen LogP contribution is 2.33. The van der Waals surface area contributed by atoms with Crippen molar-refractivity contribution >= 4 is 5.78 Å². The van der Waals surface area contributed by atoms with Crippen molar-refractivity contribution in [2.75, 3.05) is 0 Å². The van der Waals surface area contributed by atoms with Gasteiger partial charge in [0.1, 0.15) is 0 Å². The first-order chi connectivity index (χ1) is 5.29. The molecule has 0 atom stereocenters. The second-order valence-corrected chi connectivity index (χ2v) is 3.07. The van der Waals surface area contributed by atoms with Gasteiger partial charge in [-0.3, -0.25) is 4.79 Å². The van der Waals surface area contributed by atoms with Gasteiger partial charge in [0.05, 0.1) is 6.26 Å². The van der Waals surface area contributed by atoms with E-state index in [0.29, 0.717) is 5.76 Å². The van der Waals surface area contributed by atoms with Gasteiger partial charge in [0.25, 0.3) is 0 Å². The maximum Gasteiger partial charge on any atom is 0.201 e. The minimum Gasteiger partial charge on any atom is -0.461 e. The van der Waals surface area contributed by atoms with Crippen molar-refractivity contribution in [3.05, 3.63) is 23.7 Å². The zero-order chi connectivity index (χ0) is 7.84. The van der Waals surface area contributed by atoms with Gasteiger partial charge in [-0.1, -0.05) is 0 Å². The fourth-order valence-corrected chi connectivity index (χ4v) is 1.16. The number of rotatable bonds is 2. The van der Waals surface area contributed by atoms with E-state index in [1.807, 2.05) is 13.0 Å². The van der Waals surface area contributed by atoms with Crippen molar-refractivity contribution in [3.8, 4) is 0 Å². The van der Waals surface area contributed by atoms with Crippen LogP contribution in [0.15, 0.2) is 16.7 Å². The highest BCUT2D eigenvalue weighted by Gasteiger charge is 2.32. The second-order valence-electron chi connectivity index (χ2n) is 3.07. The molecule has 0 bridgehead atoms. The predicted octanol–water partition coefficient (Wildman–Crippen LogP) is 2.18. The molecule has 1 fully saturated rings. The normalized spacial score (nSPS) is 16.8. The van der Waals surface area contributed by atoms with E-state index in [9.17, 15) is 4.79 Å². The van der Waals surface area contributed by atoms with E-state index in [-0.39, 0.29) is 11.7 Å². The number of hydrogen-bond acceptors (Lipinski definition) is 2. The fourth-order valence-electron chi connectivity index (χ4n) is 1.16. The summed E-state index contributed by atoms with van der Waals surface area (Å²) in [5.74, 6) is 1.01. The number of furan rings is 1. The molecular weight excluding hydrogens is 140 g/mol. The molecule has 0 amide bonds. The average molecular weight is 150 g/mol. The van der Waals surface area contributed by atoms with E-state index in [0.717, 1.165) is 18.4 Å². The Morgan fingerprint density at radius 1 is 1.64 bits per heavy atom. The second kappa shape index (κ2) is 2.22. The van der Waals surface area contributed by atoms with Crippen LogP contribution in [0, 0.1) is 12.8 Å². The molecule has 1 aliphatic rings. The molecular formula is C9H10O2. The molecule has 2 nitrogen and oxygen atoms in total. The molecule has 0 aromatic carbocycles. The summed E-state index contributed by atoms with van der Waals surface area (Å²) in [6.45, 7) is 1.90. The average Bonchev–Trinajstić information content (AvgIpc) is 2.74. The maximum atomic E-state index is 11.4. The summed E-state index contributed by atoms with van der Waals surface area (Å²) < 4.78 is 5.08. The predicted molar refractivity (Wildman–Crippen MR) is 40.5 cm³/mol. The zero-order valence-corrected chi connectivity index (χ0v) is 6.46. The Bertz CT molecular complexity index is 282. The third-order valence-corrected chi connectivity index (χ3v) is 2.03. The van der Waals surface area contributed by atoms with Gasteiger partial charge in [0.15, 0.2) is 5.76 Å². The highest BCUT2D eigenvalue weighted by molar-refractivity contribution is 5.97. The molecule has 0 aliphatic heterocycles. The first-order valence-electron chi connectivity index (χ1n) is 3.87. The summed E-state index contributed by atoms with van der Waals surface area (Å²) in [5, 5.41) is 0. The molecule has 2 rings (SSSR count). The molecule has 0 N–H and O–H groups in total. The SMILES string of the molecule is Cc1ccoc1C(=O)C1CC1. The van der Waals surface area contributed by atoms with Gasteiger partial charge < -0.3 is 4.42 Å². The smallest absolute Gasteiger partial charge is 0.201 e. The van der Waals surface area contributed by atoms with Crippen LogP contribution in [0.3, 0.4) is 0 Å². The zero-order valence-electron chi connectivity index (χ0n) is 6.46. The largest absolute Gasteiger partial charge is 0.461 e. The van der Waals surface area contributed by atoms with Gasteiger partial charge in [-0.15, -0.1) is 0 Å². The van der Waals surface area contributed by atoms with Crippen LogP contribution in [0.1, 0.15) is 29.0 Å². The summed E-state index contributed by atoms with van der Waals surface area (Å²) >= 11 is 0. The Balaban J connectivity index is 2.27. The van der Waals surface area contributed by atoms with Crippen molar-refractivity contribution < 1.29 is 9.21 Å². The van der Waals surface area contributed by atoms with Crippen LogP contribution < -0.4 is 0 Å². The Labute approximate surface area is 65.2 Å². The van der Waals surface area contributed by atoms with Crippen molar-refractivity contribution in [2.45, 2.75) is 19.8 Å². The quantitative estimate of drug-likeness (QED) is 0.605. The lowest BCUT2D eigenvalue weighted by Gasteiger charge is -1.92. The van der Waals surface area contributed by atoms with E-state index in [2.05, 4.69) is 0 Å². The minimum atomic E-state index is 0.188. The van der Waals surface area contributed by atoms with Crippen LogP contribution in [0.25, 0.3) is 0 Å². The molecule has 1 heterocycles. The Hall–Kier alpha value is -1.05. The van der Waals surface area contributed by atoms with E-state index in [1.165, 1.54) is 0 Å². The number of carbonyl (C=O) groups excluding carboxylic acids is 1. The third-order valence-electron chi connectivity index (χ3n) is 2.03. The summed E-state index contributed by atoms with van der Waals surface area (Å²) in [6, 6.07) is 1.83. The molecule has 0 unspecified atom stereocenters. The van der Waals surface area contributed by atoms with E-state index in [1.54, 1.807) is 6.26 Å². The van der Waals surface area contributed by atoms with Gasteiger partial charge in [0, 0.05) is 5.92 Å². The van der Waals surface area contributed by atoms with Gasteiger partial charge in [-0.25, -0.2) is 0 Å². The molecule has 58 valence electrons. The molecule has 1 saturated carbocycles. The van der Waals surface area contributed by atoms with Crippen molar-refractivity contribution in [2.24, 2.45) is 5.92 Å². The first kappa shape index (κ1) is 6.65. The molecule has 0 saturated heterocycles. The maximum absolute atomic E-state index is 11.4. The van der Waals surface area contributed by atoms with E-state index < -0.39 is 0 Å². The Morgan fingerprint density at radius 3 is 2.82 bits per heavy atom. The Morgan fingerprint density at radius 2 is 2.36 bits per heavy atom. The number of ketones is 1. The molecule has 1 aromatic heterocycles. The van der Waals surface area contributed by atoms with Crippen molar-refractivity contribution in [1.82, 2.24) is 0 Å². The first-order valence-corrected chi connectivity index (χ1v) is 3.87. The summed E-state index contributed by atoms with van der Waals surface area (Å²) in [7, 11) is 0. The third kappa shape index (κ3) is 1.09. The lowest BCUT2D eigenvalue weighted by molar-refractivity contribution is 0.0939. The highest BCUT2D eigenvalue weighted by atomic mass is 16.3. The van der Waals surface area contributed by atoms with Crippen LogP contribution in [0.2, 0.25) is 0 Å². The summed E-state index contributed by atoms with van der Waals surface area (Å²) in [5.41, 5.74) is 0.960. The van der Waals surface area contributed by atoms with Gasteiger partial charge in [-0.2, -0.15) is 0 Å². The van der Waals surface area contributed by atoms with Crippen molar-refractivity contribution in [1.29, 1.82) is 0 Å². The topological polar surface area (TPSA) is 30.2 Å². The van der Waals surface area contributed by atoms with Crippen molar-refractivity contribution in [3.63, 3.8) is 0 Å². The Kier molecular flexibility index (Phi) is 1.34. The van der Waals surface area contributed by atoms with Crippen LogP contribution in [-0.4, -0.2) is 5.78 Å².